The molecule has 0 atom stereocenters. The molecule has 0 bridgehead atoms. The average Bonchev–Trinajstić information content (AvgIpc) is 2.85. The Bertz CT molecular complexity index is 614. The normalized spacial score (nSPS) is 10.1. The second-order valence-corrected chi connectivity index (χ2v) is 4.60. The van der Waals surface area contributed by atoms with Gasteiger partial charge in [0.25, 0.3) is 0 Å². The molecule has 0 fully saturated rings. The molecule has 0 aliphatic heterocycles. The van der Waals surface area contributed by atoms with Gasteiger partial charge in [-0.1, -0.05) is 0 Å². The molecule has 106 valence electrons. The number of aromatic nitrogens is 2. The summed E-state index contributed by atoms with van der Waals surface area (Å²) in [4.78, 5) is 15.6. The summed E-state index contributed by atoms with van der Waals surface area (Å²) in [6.07, 6.45) is 1.65. The SMILES string of the molecule is COC(=O)c1c(N)nsc1NCc1ccnc(OC)c1. The highest BCUT2D eigenvalue weighted by Crippen LogP contribution is 2.28. The van der Waals surface area contributed by atoms with Crippen molar-refractivity contribution >= 4 is 28.3 Å². The maximum Gasteiger partial charge on any atom is 0.344 e. The molecule has 0 aliphatic rings. The smallest absolute Gasteiger partial charge is 0.344 e. The van der Waals surface area contributed by atoms with E-state index in [0.717, 1.165) is 17.1 Å². The fourth-order valence-corrected chi connectivity index (χ4v) is 2.27. The number of nitrogens with two attached hydrogens (primary N) is 1. The number of nitrogens with zero attached hydrogens (tertiary/aromatic N) is 2. The molecule has 0 amide bonds. The molecule has 20 heavy (non-hydrogen) atoms. The number of methoxy groups -OCH3 is 2. The molecule has 3 N–H and O–H groups in total. The second kappa shape index (κ2) is 6.20. The average molecular weight is 294 g/mol. The zero-order valence-electron chi connectivity index (χ0n) is 11.0. The molecule has 0 radical (unpaired) electrons. The lowest BCUT2D eigenvalue weighted by Crippen LogP contribution is -2.08. The summed E-state index contributed by atoms with van der Waals surface area (Å²) in [6, 6.07) is 3.65. The molecule has 0 aromatic carbocycles. The third kappa shape index (κ3) is 2.97. The molecule has 0 aliphatic carbocycles. The van der Waals surface area contributed by atoms with Crippen LogP contribution in [-0.2, 0) is 11.3 Å². The van der Waals surface area contributed by atoms with Gasteiger partial charge in [0.15, 0.2) is 5.82 Å². The molecule has 2 heterocycles. The highest BCUT2D eigenvalue weighted by molar-refractivity contribution is 7.11. The van der Waals surface area contributed by atoms with Crippen LogP contribution in [0.2, 0.25) is 0 Å². The molecular weight excluding hydrogens is 280 g/mol. The molecule has 0 saturated carbocycles. The van der Waals surface area contributed by atoms with Crippen molar-refractivity contribution in [2.24, 2.45) is 0 Å². The number of pyridine rings is 1. The molecule has 2 aromatic rings. The van der Waals surface area contributed by atoms with E-state index in [2.05, 4.69) is 19.4 Å². The van der Waals surface area contributed by atoms with Crippen LogP contribution in [0.3, 0.4) is 0 Å². The first-order valence-corrected chi connectivity index (χ1v) is 6.49. The van der Waals surface area contributed by atoms with Crippen LogP contribution in [0, 0.1) is 0 Å². The van der Waals surface area contributed by atoms with Crippen molar-refractivity contribution in [1.29, 1.82) is 0 Å². The van der Waals surface area contributed by atoms with Gasteiger partial charge in [-0.2, -0.15) is 4.37 Å². The van der Waals surface area contributed by atoms with Crippen molar-refractivity contribution in [2.45, 2.75) is 6.54 Å². The van der Waals surface area contributed by atoms with E-state index >= 15 is 0 Å². The fourth-order valence-electron chi connectivity index (χ4n) is 1.58. The summed E-state index contributed by atoms with van der Waals surface area (Å²) in [5.74, 6) is 0.184. The summed E-state index contributed by atoms with van der Waals surface area (Å²) in [5, 5.41) is 3.68. The van der Waals surface area contributed by atoms with Gasteiger partial charge in [0.1, 0.15) is 10.6 Å². The standard InChI is InChI=1S/C12H14N4O3S/c1-18-8-5-7(3-4-14-8)6-15-11-9(12(17)19-2)10(13)16-20-11/h3-5,15H,6H2,1-2H3,(H2,13,16). The summed E-state index contributed by atoms with van der Waals surface area (Å²) in [7, 11) is 2.86. The lowest BCUT2D eigenvalue weighted by Gasteiger charge is -2.07. The number of nitrogens with one attached hydrogen (secondary N) is 1. The van der Waals surface area contributed by atoms with Crippen molar-refractivity contribution in [3.8, 4) is 5.88 Å². The third-order valence-electron chi connectivity index (χ3n) is 2.57. The van der Waals surface area contributed by atoms with E-state index in [1.54, 1.807) is 19.4 Å². The summed E-state index contributed by atoms with van der Waals surface area (Å²) >= 11 is 1.12. The van der Waals surface area contributed by atoms with Crippen LogP contribution in [0.15, 0.2) is 18.3 Å². The highest BCUT2D eigenvalue weighted by Gasteiger charge is 2.19. The highest BCUT2D eigenvalue weighted by atomic mass is 32.1. The quantitative estimate of drug-likeness (QED) is 0.806. The Morgan fingerprint density at radius 1 is 1.50 bits per heavy atom. The molecule has 0 unspecified atom stereocenters. The third-order valence-corrected chi connectivity index (χ3v) is 3.39. The minimum absolute atomic E-state index is 0.164. The number of hydrogen-bond acceptors (Lipinski definition) is 8. The fraction of sp³-hybridized carbons (Fsp3) is 0.250. The first-order chi connectivity index (χ1) is 9.65. The van der Waals surface area contributed by atoms with E-state index in [1.807, 2.05) is 6.07 Å². The molecular formula is C12H14N4O3S. The zero-order chi connectivity index (χ0) is 14.5. The molecule has 0 spiro atoms. The Hall–Kier alpha value is -2.35. The maximum absolute atomic E-state index is 11.6. The van der Waals surface area contributed by atoms with Gasteiger partial charge in [-0.25, -0.2) is 9.78 Å². The Labute approximate surface area is 119 Å². The van der Waals surface area contributed by atoms with Gasteiger partial charge >= 0.3 is 5.97 Å². The van der Waals surface area contributed by atoms with E-state index in [1.165, 1.54) is 7.11 Å². The van der Waals surface area contributed by atoms with Gasteiger partial charge < -0.3 is 20.5 Å². The van der Waals surface area contributed by atoms with Crippen molar-refractivity contribution < 1.29 is 14.3 Å². The first kappa shape index (κ1) is 14.1. The number of esters is 1. The summed E-state index contributed by atoms with van der Waals surface area (Å²) in [5.41, 5.74) is 6.88. The topological polar surface area (TPSA) is 99.4 Å². The number of carbonyl (C=O) groups is 1. The molecule has 2 rings (SSSR count). The van der Waals surface area contributed by atoms with Crippen LogP contribution in [0.4, 0.5) is 10.8 Å². The van der Waals surface area contributed by atoms with E-state index in [4.69, 9.17) is 10.5 Å². The predicted molar refractivity (Wildman–Crippen MR) is 76.0 cm³/mol. The minimum atomic E-state index is -0.508. The van der Waals surface area contributed by atoms with E-state index in [0.29, 0.717) is 17.4 Å². The number of anilines is 2. The maximum atomic E-state index is 11.6. The molecule has 7 nitrogen and oxygen atoms in total. The minimum Gasteiger partial charge on any atom is -0.481 e. The number of carbonyl (C=O) groups excluding carboxylic acids is 1. The van der Waals surface area contributed by atoms with Crippen LogP contribution >= 0.6 is 11.5 Å². The van der Waals surface area contributed by atoms with Gasteiger partial charge in [0.05, 0.1) is 14.2 Å². The summed E-state index contributed by atoms with van der Waals surface area (Å²) in [6.45, 7) is 0.491. The van der Waals surface area contributed by atoms with Gasteiger partial charge in [-0.05, 0) is 23.2 Å². The number of hydrogen-bond donors (Lipinski definition) is 2. The number of nitrogen functional groups attached to an aromatic ring is 1. The number of ether oxygens (including phenoxy) is 2. The van der Waals surface area contributed by atoms with Crippen molar-refractivity contribution in [2.75, 3.05) is 25.3 Å². The monoisotopic (exact) mass is 294 g/mol. The Balaban J connectivity index is 2.13. The lowest BCUT2D eigenvalue weighted by molar-refractivity contribution is 0.0603. The lowest BCUT2D eigenvalue weighted by atomic mass is 10.2. The number of rotatable bonds is 5. The Morgan fingerprint density at radius 2 is 2.30 bits per heavy atom. The van der Waals surface area contributed by atoms with Crippen molar-refractivity contribution in [1.82, 2.24) is 9.36 Å². The van der Waals surface area contributed by atoms with Crippen molar-refractivity contribution in [3.05, 3.63) is 29.5 Å². The van der Waals surface area contributed by atoms with Crippen LogP contribution in [0.1, 0.15) is 15.9 Å². The largest absolute Gasteiger partial charge is 0.481 e. The molecule has 0 saturated heterocycles. The Morgan fingerprint density at radius 3 is 3.00 bits per heavy atom. The second-order valence-electron chi connectivity index (χ2n) is 3.82. The van der Waals surface area contributed by atoms with E-state index < -0.39 is 5.97 Å². The van der Waals surface area contributed by atoms with Gasteiger partial charge in [-0.15, -0.1) is 0 Å². The van der Waals surface area contributed by atoms with Crippen LogP contribution in [-0.4, -0.2) is 29.5 Å². The van der Waals surface area contributed by atoms with Crippen molar-refractivity contribution in [3.63, 3.8) is 0 Å². The summed E-state index contributed by atoms with van der Waals surface area (Å²) < 4.78 is 13.7. The van der Waals surface area contributed by atoms with Gasteiger partial charge in [0, 0.05) is 18.8 Å². The van der Waals surface area contributed by atoms with Crippen LogP contribution < -0.4 is 15.8 Å². The van der Waals surface area contributed by atoms with E-state index in [-0.39, 0.29) is 11.4 Å². The van der Waals surface area contributed by atoms with Gasteiger partial charge in [-0.3, -0.25) is 0 Å². The zero-order valence-corrected chi connectivity index (χ0v) is 11.9. The Kier molecular flexibility index (Phi) is 4.36. The van der Waals surface area contributed by atoms with Gasteiger partial charge in [0.2, 0.25) is 5.88 Å². The van der Waals surface area contributed by atoms with Crippen LogP contribution in [0.25, 0.3) is 0 Å². The molecule has 2 aromatic heterocycles. The van der Waals surface area contributed by atoms with Crippen LogP contribution in [0.5, 0.6) is 5.88 Å². The first-order valence-electron chi connectivity index (χ1n) is 5.72. The molecule has 8 heteroatoms. The van der Waals surface area contributed by atoms with E-state index in [9.17, 15) is 4.79 Å². The predicted octanol–water partition coefficient (Wildman–Crippen LogP) is 1.53.